The van der Waals surface area contributed by atoms with E-state index in [1.807, 2.05) is 18.5 Å². The maximum Gasteiger partial charge on any atom is 0.358 e. The summed E-state index contributed by atoms with van der Waals surface area (Å²) >= 11 is 0. The normalized spacial score (nSPS) is 18.9. The van der Waals surface area contributed by atoms with Gasteiger partial charge in [-0.25, -0.2) is 4.79 Å². The van der Waals surface area contributed by atoms with Gasteiger partial charge in [0.2, 0.25) is 0 Å². The molecule has 1 unspecified atom stereocenters. The smallest absolute Gasteiger partial charge is 0.358 e. The van der Waals surface area contributed by atoms with Crippen molar-refractivity contribution < 1.29 is 19.1 Å². The number of carbonyl (C=O) groups excluding carboxylic acids is 2. The third kappa shape index (κ3) is 4.51. The van der Waals surface area contributed by atoms with Crippen LogP contribution in [0.25, 0.3) is 0 Å². The molecule has 9 nitrogen and oxygen atoms in total. The second kappa shape index (κ2) is 8.82. The Morgan fingerprint density at radius 2 is 2.13 bits per heavy atom. The fourth-order valence-corrected chi connectivity index (χ4v) is 4.53. The van der Waals surface area contributed by atoms with E-state index in [-0.39, 0.29) is 23.8 Å². The Morgan fingerprint density at radius 1 is 1.35 bits per heavy atom. The van der Waals surface area contributed by atoms with Crippen LogP contribution in [-0.2, 0) is 35.9 Å². The molecule has 2 aromatic heterocycles. The maximum atomic E-state index is 12.9. The number of carbonyl (C=O) groups is 2. The third-order valence-electron chi connectivity index (χ3n) is 6.34. The highest BCUT2D eigenvalue weighted by Crippen LogP contribution is 2.38. The Labute approximate surface area is 182 Å². The predicted molar refractivity (Wildman–Crippen MR) is 113 cm³/mol. The third-order valence-corrected chi connectivity index (χ3v) is 6.34. The van der Waals surface area contributed by atoms with Gasteiger partial charge in [-0.05, 0) is 50.0 Å². The van der Waals surface area contributed by atoms with E-state index < -0.39 is 5.97 Å². The molecule has 9 heteroatoms. The number of nitrogens with one attached hydrogen (secondary N) is 1. The summed E-state index contributed by atoms with van der Waals surface area (Å²) in [5.74, 6) is -0.409. The van der Waals surface area contributed by atoms with Gasteiger partial charge in [-0.3, -0.25) is 14.2 Å². The average Bonchev–Trinajstić information content (AvgIpc) is 3.31. The molecule has 1 fully saturated rings. The van der Waals surface area contributed by atoms with Crippen LogP contribution < -0.4 is 5.32 Å². The summed E-state index contributed by atoms with van der Waals surface area (Å²) in [7, 11) is 1.76. The number of aromatic nitrogens is 4. The zero-order valence-corrected chi connectivity index (χ0v) is 18.5. The van der Waals surface area contributed by atoms with Crippen LogP contribution in [0, 0.1) is 11.3 Å². The zero-order valence-electron chi connectivity index (χ0n) is 18.5. The van der Waals surface area contributed by atoms with Crippen LogP contribution in [0.3, 0.4) is 0 Å². The van der Waals surface area contributed by atoms with E-state index in [9.17, 15) is 9.59 Å². The fourth-order valence-electron chi connectivity index (χ4n) is 4.53. The number of fused-ring (bicyclic) bond motifs is 1. The minimum Gasteiger partial charge on any atom is -0.461 e. The highest BCUT2D eigenvalue weighted by Gasteiger charge is 2.39. The molecule has 1 spiro atoms. The van der Waals surface area contributed by atoms with Crippen LogP contribution in [0.2, 0.25) is 0 Å². The molecular formula is C22H31N5O4. The highest BCUT2D eigenvalue weighted by molar-refractivity contribution is 5.94. The molecule has 0 aromatic carbocycles. The minimum absolute atomic E-state index is 0.0181. The van der Waals surface area contributed by atoms with Gasteiger partial charge >= 0.3 is 5.97 Å². The summed E-state index contributed by atoms with van der Waals surface area (Å²) < 4.78 is 14.4. The van der Waals surface area contributed by atoms with Crippen molar-refractivity contribution in [3.05, 3.63) is 34.9 Å². The van der Waals surface area contributed by atoms with Crippen molar-refractivity contribution in [1.29, 1.82) is 0 Å². The van der Waals surface area contributed by atoms with Gasteiger partial charge in [0.15, 0.2) is 5.69 Å². The van der Waals surface area contributed by atoms with Gasteiger partial charge in [-0.15, -0.1) is 0 Å². The molecule has 2 aromatic rings. The summed E-state index contributed by atoms with van der Waals surface area (Å²) in [6.07, 6.45) is 5.04. The minimum atomic E-state index is -0.425. The number of rotatable bonds is 6. The molecule has 31 heavy (non-hydrogen) atoms. The van der Waals surface area contributed by atoms with Gasteiger partial charge in [0.25, 0.3) is 5.91 Å². The van der Waals surface area contributed by atoms with E-state index in [2.05, 4.69) is 10.4 Å². The SMILES string of the molecule is CCn1nc(CC(C)COC(=O)c2ccn(C)n2)c2c1C(=O)NCC1(CCOCC1)C2. The molecule has 1 N–H and O–H groups in total. The van der Waals surface area contributed by atoms with Crippen molar-refractivity contribution in [1.82, 2.24) is 24.9 Å². The zero-order chi connectivity index (χ0) is 22.0. The number of esters is 1. The van der Waals surface area contributed by atoms with Crippen LogP contribution >= 0.6 is 0 Å². The number of ether oxygens (including phenoxy) is 2. The molecule has 1 atom stereocenters. The number of nitrogens with zero attached hydrogens (tertiary/aromatic N) is 4. The Kier molecular flexibility index (Phi) is 6.13. The molecule has 168 valence electrons. The van der Waals surface area contributed by atoms with E-state index in [0.29, 0.717) is 30.9 Å². The number of aryl methyl sites for hydroxylation is 2. The molecule has 1 saturated heterocycles. The van der Waals surface area contributed by atoms with Gasteiger partial charge in [-0.2, -0.15) is 10.2 Å². The van der Waals surface area contributed by atoms with Gasteiger partial charge in [0.1, 0.15) is 5.69 Å². The van der Waals surface area contributed by atoms with E-state index in [1.165, 1.54) is 0 Å². The fraction of sp³-hybridized carbons (Fsp3) is 0.636. The molecule has 4 heterocycles. The van der Waals surface area contributed by atoms with Crippen LogP contribution in [0.5, 0.6) is 0 Å². The largest absolute Gasteiger partial charge is 0.461 e. The summed E-state index contributed by atoms with van der Waals surface area (Å²) in [6.45, 7) is 7.06. The lowest BCUT2D eigenvalue weighted by atomic mass is 9.75. The topological polar surface area (TPSA) is 100 Å². The molecule has 2 aliphatic heterocycles. The van der Waals surface area contributed by atoms with Crippen molar-refractivity contribution in [3.8, 4) is 0 Å². The second-order valence-corrected chi connectivity index (χ2v) is 8.84. The Balaban J connectivity index is 1.50. The van der Waals surface area contributed by atoms with Gasteiger partial charge in [0.05, 0.1) is 12.3 Å². The quantitative estimate of drug-likeness (QED) is 0.703. The second-order valence-electron chi connectivity index (χ2n) is 8.84. The Hall–Kier alpha value is -2.68. The monoisotopic (exact) mass is 429 g/mol. The number of amides is 1. The molecule has 2 aliphatic rings. The van der Waals surface area contributed by atoms with E-state index >= 15 is 0 Å². The summed E-state index contributed by atoms with van der Waals surface area (Å²) in [5, 5.41) is 12.0. The molecular weight excluding hydrogens is 398 g/mol. The predicted octanol–water partition coefficient (Wildman–Crippen LogP) is 1.75. The van der Waals surface area contributed by atoms with Gasteiger partial charge < -0.3 is 14.8 Å². The lowest BCUT2D eigenvalue weighted by molar-refractivity contribution is 0.0160. The van der Waals surface area contributed by atoms with Crippen LogP contribution in [0.4, 0.5) is 0 Å². The van der Waals surface area contributed by atoms with Gasteiger partial charge in [-0.1, -0.05) is 6.92 Å². The van der Waals surface area contributed by atoms with Crippen molar-refractivity contribution >= 4 is 11.9 Å². The Bertz CT molecular complexity index is 957. The molecule has 0 radical (unpaired) electrons. The lowest BCUT2D eigenvalue weighted by Crippen LogP contribution is -2.40. The summed E-state index contributed by atoms with van der Waals surface area (Å²) in [6, 6.07) is 1.64. The van der Waals surface area contributed by atoms with Crippen LogP contribution in [0.1, 0.15) is 58.9 Å². The highest BCUT2D eigenvalue weighted by atomic mass is 16.5. The van der Waals surface area contributed by atoms with Crippen LogP contribution in [0.15, 0.2) is 12.3 Å². The number of hydrogen-bond acceptors (Lipinski definition) is 6. The van der Waals surface area contributed by atoms with E-state index in [0.717, 1.165) is 43.7 Å². The summed E-state index contributed by atoms with van der Waals surface area (Å²) in [5.41, 5.74) is 2.97. The molecule has 0 aliphatic carbocycles. The average molecular weight is 430 g/mol. The first-order valence-corrected chi connectivity index (χ1v) is 11.0. The lowest BCUT2D eigenvalue weighted by Gasteiger charge is -2.36. The first kappa shape index (κ1) is 21.5. The van der Waals surface area contributed by atoms with Crippen molar-refractivity contribution in [2.75, 3.05) is 26.4 Å². The standard InChI is InChI=1S/C22H31N5O4/c1-4-27-19-16(12-22(14-23-20(19)28)6-9-30-10-7-22)18(25-27)11-15(2)13-31-21(29)17-5-8-26(3)24-17/h5,8,15H,4,6-7,9-14H2,1-3H3,(H,23,28). The van der Waals surface area contributed by atoms with E-state index in [4.69, 9.17) is 14.6 Å². The van der Waals surface area contributed by atoms with Crippen LogP contribution in [-0.4, -0.2) is 57.8 Å². The first-order chi connectivity index (χ1) is 14.9. The molecule has 0 bridgehead atoms. The van der Waals surface area contributed by atoms with E-state index in [1.54, 1.807) is 24.0 Å². The Morgan fingerprint density at radius 3 is 2.81 bits per heavy atom. The molecule has 1 amide bonds. The molecule has 0 saturated carbocycles. The first-order valence-electron chi connectivity index (χ1n) is 11.0. The van der Waals surface area contributed by atoms with Crippen molar-refractivity contribution in [2.45, 2.75) is 46.1 Å². The summed E-state index contributed by atoms with van der Waals surface area (Å²) in [4.78, 5) is 25.1. The van der Waals surface area contributed by atoms with Crippen molar-refractivity contribution in [3.63, 3.8) is 0 Å². The van der Waals surface area contributed by atoms with Gasteiger partial charge in [0, 0.05) is 45.1 Å². The number of hydrogen-bond donors (Lipinski definition) is 1. The van der Waals surface area contributed by atoms with Crippen molar-refractivity contribution in [2.24, 2.45) is 18.4 Å². The molecule has 4 rings (SSSR count). The maximum absolute atomic E-state index is 12.9.